The van der Waals surface area contributed by atoms with E-state index in [1.807, 2.05) is 13.0 Å². The Balaban J connectivity index is 2.07. The van der Waals surface area contributed by atoms with Crippen molar-refractivity contribution in [3.63, 3.8) is 0 Å². The van der Waals surface area contributed by atoms with Crippen LogP contribution >= 0.6 is 11.3 Å². The van der Waals surface area contributed by atoms with Gasteiger partial charge in [-0.05, 0) is 36.6 Å². The maximum atomic E-state index is 12.1. The second-order valence-corrected chi connectivity index (χ2v) is 7.37. The first kappa shape index (κ1) is 17.4. The molecular formula is C19H19N5O2S. The third kappa shape index (κ3) is 2.83. The summed E-state index contributed by atoms with van der Waals surface area (Å²) in [5, 5.41) is 5.31. The Morgan fingerprint density at radius 3 is 2.85 bits per heavy atom. The van der Waals surface area contributed by atoms with E-state index in [0.717, 1.165) is 43.1 Å². The summed E-state index contributed by atoms with van der Waals surface area (Å²) in [5.41, 5.74) is 15.2. The quantitative estimate of drug-likeness (QED) is 0.552. The Kier molecular flexibility index (Phi) is 4.29. The molecule has 1 amide bonds. The number of rotatable bonds is 5. The zero-order valence-corrected chi connectivity index (χ0v) is 15.8. The van der Waals surface area contributed by atoms with Crippen LogP contribution in [0.15, 0.2) is 30.7 Å². The predicted molar refractivity (Wildman–Crippen MR) is 106 cm³/mol. The van der Waals surface area contributed by atoms with E-state index >= 15 is 0 Å². The molecule has 0 radical (unpaired) electrons. The van der Waals surface area contributed by atoms with Gasteiger partial charge in [0.05, 0.1) is 28.6 Å². The molecule has 0 aliphatic rings. The van der Waals surface area contributed by atoms with Gasteiger partial charge in [-0.1, -0.05) is 6.07 Å². The minimum atomic E-state index is -0.505. The lowest BCUT2D eigenvalue weighted by molar-refractivity contribution is 0.100. The van der Waals surface area contributed by atoms with Crippen LogP contribution in [0.25, 0.3) is 26.0 Å². The van der Waals surface area contributed by atoms with Crippen molar-refractivity contribution in [1.82, 2.24) is 14.6 Å². The number of aryl methyl sites for hydroxylation is 1. The number of carbonyl (C=O) groups is 1. The van der Waals surface area contributed by atoms with Crippen LogP contribution < -0.4 is 16.2 Å². The van der Waals surface area contributed by atoms with E-state index in [0.29, 0.717) is 18.5 Å². The molecule has 0 atom stereocenters. The fraction of sp³-hybridized carbons (Fsp3) is 0.211. The van der Waals surface area contributed by atoms with Gasteiger partial charge in [0.25, 0.3) is 5.91 Å². The van der Waals surface area contributed by atoms with Gasteiger partial charge in [-0.3, -0.25) is 4.79 Å². The number of carbonyl (C=O) groups excluding carboxylic acids is 1. The van der Waals surface area contributed by atoms with E-state index in [2.05, 4.69) is 22.2 Å². The molecule has 3 aromatic heterocycles. The van der Waals surface area contributed by atoms with E-state index in [1.165, 1.54) is 6.33 Å². The molecule has 0 bridgehead atoms. The summed E-state index contributed by atoms with van der Waals surface area (Å²) in [5.74, 6) is 0.304. The van der Waals surface area contributed by atoms with Crippen LogP contribution in [0, 0.1) is 6.92 Å². The zero-order chi connectivity index (χ0) is 19.1. The van der Waals surface area contributed by atoms with E-state index < -0.39 is 5.91 Å². The number of ether oxygens (including phenoxy) is 1. The molecule has 7 nitrogen and oxygen atoms in total. The molecule has 3 heterocycles. The molecule has 1 aromatic carbocycles. The van der Waals surface area contributed by atoms with Crippen LogP contribution in [0.5, 0.6) is 5.75 Å². The number of aromatic nitrogens is 3. The van der Waals surface area contributed by atoms with Crippen LogP contribution in [0.2, 0.25) is 0 Å². The van der Waals surface area contributed by atoms with Gasteiger partial charge in [0.1, 0.15) is 12.1 Å². The molecule has 4 N–H and O–H groups in total. The first-order chi connectivity index (χ1) is 13.0. The van der Waals surface area contributed by atoms with Gasteiger partial charge in [0.15, 0.2) is 0 Å². The van der Waals surface area contributed by atoms with Gasteiger partial charge in [-0.2, -0.15) is 5.10 Å². The summed E-state index contributed by atoms with van der Waals surface area (Å²) in [6.45, 7) is 2.47. The van der Waals surface area contributed by atoms with E-state index in [9.17, 15) is 4.79 Å². The maximum absolute atomic E-state index is 12.1. The summed E-state index contributed by atoms with van der Waals surface area (Å²) < 4.78 is 8.21. The Morgan fingerprint density at radius 1 is 1.33 bits per heavy atom. The molecule has 27 heavy (non-hydrogen) atoms. The number of nitrogens with two attached hydrogens (primary N) is 2. The highest BCUT2D eigenvalue weighted by atomic mass is 32.1. The molecule has 0 unspecified atom stereocenters. The van der Waals surface area contributed by atoms with Crippen molar-refractivity contribution in [2.75, 3.05) is 13.7 Å². The Labute approximate surface area is 159 Å². The number of thiophene rings is 1. The number of hydrogen-bond acceptors (Lipinski definition) is 6. The van der Waals surface area contributed by atoms with Gasteiger partial charge in [-0.15, -0.1) is 11.3 Å². The SMILES string of the molecule is COc1cc(C)cc2cc(-c3c(C(N)=O)cn4ncnc(CCN)c34)sc12. The fourth-order valence-corrected chi connectivity index (χ4v) is 4.56. The lowest BCUT2D eigenvalue weighted by Gasteiger charge is -2.04. The second kappa shape index (κ2) is 6.64. The number of hydrogen-bond donors (Lipinski definition) is 2. The molecule has 0 aliphatic heterocycles. The molecule has 4 aromatic rings. The van der Waals surface area contributed by atoms with Crippen LogP contribution in [0.3, 0.4) is 0 Å². The molecule has 8 heteroatoms. The van der Waals surface area contributed by atoms with Crippen LogP contribution in [-0.4, -0.2) is 34.2 Å². The molecule has 4 rings (SSSR count). The molecule has 0 aliphatic carbocycles. The van der Waals surface area contributed by atoms with Gasteiger partial charge < -0.3 is 16.2 Å². The normalized spacial score (nSPS) is 11.4. The van der Waals surface area contributed by atoms with Crippen molar-refractivity contribution in [3.8, 4) is 16.2 Å². The largest absolute Gasteiger partial charge is 0.495 e. The van der Waals surface area contributed by atoms with Crippen LogP contribution in [-0.2, 0) is 6.42 Å². The topological polar surface area (TPSA) is 109 Å². The summed E-state index contributed by atoms with van der Waals surface area (Å²) >= 11 is 1.56. The number of primary amides is 1. The smallest absolute Gasteiger partial charge is 0.251 e. The van der Waals surface area contributed by atoms with E-state index in [-0.39, 0.29) is 0 Å². The van der Waals surface area contributed by atoms with Crippen molar-refractivity contribution in [3.05, 3.63) is 47.5 Å². The third-order valence-corrected chi connectivity index (χ3v) is 5.67. The highest BCUT2D eigenvalue weighted by molar-refractivity contribution is 7.22. The zero-order valence-electron chi connectivity index (χ0n) is 15.0. The first-order valence-corrected chi connectivity index (χ1v) is 9.28. The Hall–Kier alpha value is -2.97. The molecule has 0 spiro atoms. The summed E-state index contributed by atoms with van der Waals surface area (Å²) in [7, 11) is 1.66. The van der Waals surface area contributed by atoms with Crippen molar-refractivity contribution in [2.45, 2.75) is 13.3 Å². The highest BCUT2D eigenvalue weighted by Gasteiger charge is 2.22. The van der Waals surface area contributed by atoms with Crippen molar-refractivity contribution in [1.29, 1.82) is 0 Å². The molecule has 0 fully saturated rings. The maximum Gasteiger partial charge on any atom is 0.251 e. The minimum Gasteiger partial charge on any atom is -0.495 e. The van der Waals surface area contributed by atoms with E-state index in [4.69, 9.17) is 16.2 Å². The standard InChI is InChI=1S/C19H19N5O2S/c1-10-5-11-7-15(27-18(11)14(6-10)26-2)16-12(19(21)25)8-24-17(16)13(3-4-20)22-9-23-24/h5-9H,3-4,20H2,1-2H3,(H2,21,25). The predicted octanol–water partition coefficient (Wildman–Crippen LogP) is 2.53. The minimum absolute atomic E-state index is 0.413. The first-order valence-electron chi connectivity index (χ1n) is 8.47. The summed E-state index contributed by atoms with van der Waals surface area (Å²) in [6.07, 6.45) is 3.69. The lowest BCUT2D eigenvalue weighted by atomic mass is 10.1. The average molecular weight is 381 g/mol. The van der Waals surface area contributed by atoms with Gasteiger partial charge >= 0.3 is 0 Å². The van der Waals surface area contributed by atoms with Crippen LogP contribution in [0.1, 0.15) is 21.6 Å². The van der Waals surface area contributed by atoms with Crippen molar-refractivity contribution in [2.24, 2.45) is 11.5 Å². The van der Waals surface area contributed by atoms with E-state index in [1.54, 1.807) is 29.2 Å². The number of methoxy groups -OCH3 is 1. The van der Waals surface area contributed by atoms with Crippen LogP contribution in [0.4, 0.5) is 0 Å². The third-order valence-electron chi connectivity index (χ3n) is 4.49. The second-order valence-electron chi connectivity index (χ2n) is 6.32. The van der Waals surface area contributed by atoms with Crippen molar-refractivity contribution < 1.29 is 9.53 Å². The number of fused-ring (bicyclic) bond motifs is 2. The Morgan fingerprint density at radius 2 is 2.15 bits per heavy atom. The molecule has 0 saturated heterocycles. The highest BCUT2D eigenvalue weighted by Crippen LogP contribution is 2.42. The number of amides is 1. The fourth-order valence-electron chi connectivity index (χ4n) is 3.37. The summed E-state index contributed by atoms with van der Waals surface area (Å²) in [4.78, 5) is 17.4. The van der Waals surface area contributed by atoms with Gasteiger partial charge in [0, 0.05) is 23.1 Å². The van der Waals surface area contributed by atoms with Gasteiger partial charge in [0.2, 0.25) is 0 Å². The molecular weight excluding hydrogens is 362 g/mol. The summed E-state index contributed by atoms with van der Waals surface area (Å²) in [6, 6.07) is 6.15. The van der Waals surface area contributed by atoms with Gasteiger partial charge in [-0.25, -0.2) is 9.50 Å². The Bertz CT molecular complexity index is 1180. The van der Waals surface area contributed by atoms with Crippen molar-refractivity contribution >= 4 is 32.8 Å². The monoisotopic (exact) mass is 381 g/mol. The number of nitrogens with zero attached hydrogens (tertiary/aromatic N) is 3. The lowest BCUT2D eigenvalue weighted by Crippen LogP contribution is -2.10. The average Bonchev–Trinajstić information content (AvgIpc) is 3.22. The molecule has 0 saturated carbocycles. The molecule has 138 valence electrons. The number of benzene rings is 1.